The van der Waals surface area contributed by atoms with Crippen LogP contribution in [-0.2, 0) is 0 Å². The van der Waals surface area contributed by atoms with Crippen LogP contribution in [0.1, 0.15) is 59.3 Å². The molecule has 1 heterocycles. The Morgan fingerprint density at radius 1 is 1.26 bits per heavy atom. The summed E-state index contributed by atoms with van der Waals surface area (Å²) >= 11 is 0. The molecule has 0 amide bonds. The van der Waals surface area contributed by atoms with E-state index in [0.29, 0.717) is 4.48 Å². The number of unbranched alkanes of at least 4 members (excludes halogenated alkanes) is 5. The molecule has 0 spiro atoms. The number of nitrogens with one attached hydrogen (secondary N) is 1. The van der Waals surface area contributed by atoms with Crippen LogP contribution in [-0.4, -0.2) is 28.5 Å². The smallest absolute Gasteiger partial charge is 0.193 e. The molecule has 1 rings (SSSR count). The summed E-state index contributed by atoms with van der Waals surface area (Å²) in [5.41, 5.74) is 0. The highest BCUT2D eigenvalue weighted by atomic mass is 16.3. The van der Waals surface area contributed by atoms with E-state index in [9.17, 15) is 5.11 Å². The summed E-state index contributed by atoms with van der Waals surface area (Å²) in [5, 5.41) is 13.4. The average molecular weight is 267 g/mol. The molecule has 0 aliphatic carbocycles. The average Bonchev–Trinajstić information content (AvgIpc) is 2.82. The van der Waals surface area contributed by atoms with Crippen LogP contribution in [0.15, 0.2) is 24.6 Å². The van der Waals surface area contributed by atoms with Crippen LogP contribution in [0.4, 0.5) is 0 Å². The van der Waals surface area contributed by atoms with Gasteiger partial charge in [0.25, 0.3) is 0 Å². The summed E-state index contributed by atoms with van der Waals surface area (Å²) in [5.74, 6) is 0. The van der Waals surface area contributed by atoms with Crippen molar-refractivity contribution in [3.05, 3.63) is 24.6 Å². The van der Waals surface area contributed by atoms with E-state index in [4.69, 9.17) is 0 Å². The molecular weight excluding hydrogens is 236 g/mol. The van der Waals surface area contributed by atoms with Crippen molar-refractivity contribution in [1.82, 2.24) is 5.32 Å². The predicted molar refractivity (Wildman–Crippen MR) is 81.1 cm³/mol. The highest BCUT2D eigenvalue weighted by Crippen LogP contribution is 2.23. The SMILES string of the molecule is CCCCCCC/C=C/C1NC=C[N+]1(CC)C(C)O. The Morgan fingerprint density at radius 2 is 2.00 bits per heavy atom. The zero-order valence-electron chi connectivity index (χ0n) is 12.8. The third-order valence-corrected chi connectivity index (χ3v) is 4.17. The van der Waals surface area contributed by atoms with Crippen molar-refractivity contribution < 1.29 is 9.59 Å². The number of hydrogen-bond acceptors (Lipinski definition) is 2. The largest absolute Gasteiger partial charge is 0.345 e. The highest BCUT2D eigenvalue weighted by Gasteiger charge is 2.39. The lowest BCUT2D eigenvalue weighted by Crippen LogP contribution is -2.56. The molecule has 110 valence electrons. The van der Waals surface area contributed by atoms with Crippen molar-refractivity contribution in [1.29, 1.82) is 0 Å². The first-order chi connectivity index (χ1) is 9.17. The van der Waals surface area contributed by atoms with E-state index in [1.807, 2.05) is 13.1 Å². The van der Waals surface area contributed by atoms with E-state index >= 15 is 0 Å². The predicted octanol–water partition coefficient (Wildman–Crippen LogP) is 3.48. The van der Waals surface area contributed by atoms with Gasteiger partial charge in [-0.05, 0) is 25.8 Å². The van der Waals surface area contributed by atoms with E-state index in [1.165, 1.54) is 32.1 Å². The van der Waals surface area contributed by atoms with Gasteiger partial charge in [-0.1, -0.05) is 38.7 Å². The first-order valence-electron chi connectivity index (χ1n) is 7.83. The lowest BCUT2D eigenvalue weighted by atomic mass is 10.1. The van der Waals surface area contributed by atoms with E-state index in [-0.39, 0.29) is 12.4 Å². The number of rotatable bonds is 9. The van der Waals surface area contributed by atoms with Crippen molar-refractivity contribution in [3.8, 4) is 0 Å². The van der Waals surface area contributed by atoms with Gasteiger partial charge in [-0.25, -0.2) is 4.48 Å². The van der Waals surface area contributed by atoms with Gasteiger partial charge in [-0.15, -0.1) is 0 Å². The highest BCUT2D eigenvalue weighted by molar-refractivity contribution is 4.97. The van der Waals surface area contributed by atoms with Gasteiger partial charge in [0.15, 0.2) is 12.4 Å². The quantitative estimate of drug-likeness (QED) is 0.381. The molecular formula is C16H31N2O+. The van der Waals surface area contributed by atoms with E-state index in [2.05, 4.69) is 37.5 Å². The van der Waals surface area contributed by atoms with E-state index in [1.54, 1.807) is 0 Å². The monoisotopic (exact) mass is 267 g/mol. The minimum Gasteiger partial charge on any atom is -0.345 e. The van der Waals surface area contributed by atoms with Crippen molar-refractivity contribution in [2.75, 3.05) is 6.54 Å². The fourth-order valence-corrected chi connectivity index (χ4v) is 2.74. The molecule has 1 aliphatic heterocycles. The Bertz CT molecular complexity index is 299. The fraction of sp³-hybridized carbons (Fsp3) is 0.750. The zero-order chi connectivity index (χ0) is 14.1. The zero-order valence-corrected chi connectivity index (χ0v) is 12.8. The maximum Gasteiger partial charge on any atom is 0.193 e. The second-order valence-electron chi connectivity index (χ2n) is 5.50. The number of hydrogen-bond donors (Lipinski definition) is 2. The molecule has 3 heteroatoms. The molecule has 19 heavy (non-hydrogen) atoms. The Hall–Kier alpha value is -0.800. The Kier molecular flexibility index (Phi) is 7.17. The molecule has 0 fully saturated rings. The van der Waals surface area contributed by atoms with Gasteiger partial charge in [0.05, 0.1) is 12.7 Å². The van der Waals surface area contributed by atoms with Crippen molar-refractivity contribution >= 4 is 0 Å². The lowest BCUT2D eigenvalue weighted by Gasteiger charge is -2.37. The van der Waals surface area contributed by atoms with Gasteiger partial charge < -0.3 is 10.4 Å². The second-order valence-corrected chi connectivity index (χ2v) is 5.50. The maximum absolute atomic E-state index is 10.0. The minimum atomic E-state index is -0.379. The van der Waals surface area contributed by atoms with Gasteiger partial charge in [-0.3, -0.25) is 0 Å². The third-order valence-electron chi connectivity index (χ3n) is 4.17. The molecule has 3 atom stereocenters. The standard InChI is InChI=1S/C16H31N2O/c1-4-6-7-8-9-10-11-12-16-17-13-14-18(16,5-2)15(3)19/h11-17,19H,4-10H2,1-3H3/q+1/b12-11+. The fourth-order valence-electron chi connectivity index (χ4n) is 2.74. The van der Waals surface area contributed by atoms with Crippen LogP contribution in [0.2, 0.25) is 0 Å². The number of aliphatic hydroxyl groups is 1. The molecule has 0 bridgehead atoms. The molecule has 0 radical (unpaired) electrons. The molecule has 0 saturated carbocycles. The lowest BCUT2D eigenvalue weighted by molar-refractivity contribution is -0.935. The number of aliphatic hydroxyl groups excluding tert-OH is 1. The van der Waals surface area contributed by atoms with Crippen molar-refractivity contribution in [2.45, 2.75) is 71.7 Å². The summed E-state index contributed by atoms with van der Waals surface area (Å²) in [7, 11) is 0. The van der Waals surface area contributed by atoms with Gasteiger partial charge in [0.1, 0.15) is 6.20 Å². The Labute approximate surface area is 118 Å². The normalized spacial score (nSPS) is 27.9. The topological polar surface area (TPSA) is 32.3 Å². The molecule has 2 N–H and O–H groups in total. The van der Waals surface area contributed by atoms with Gasteiger partial charge in [0.2, 0.25) is 0 Å². The van der Waals surface area contributed by atoms with Crippen molar-refractivity contribution in [3.63, 3.8) is 0 Å². The molecule has 3 unspecified atom stereocenters. The van der Waals surface area contributed by atoms with Gasteiger partial charge in [-0.2, -0.15) is 0 Å². The summed E-state index contributed by atoms with van der Waals surface area (Å²) in [6, 6.07) is 0. The number of quaternary nitrogens is 1. The first-order valence-corrected chi connectivity index (χ1v) is 7.83. The third kappa shape index (κ3) is 4.36. The van der Waals surface area contributed by atoms with Crippen molar-refractivity contribution in [2.24, 2.45) is 0 Å². The van der Waals surface area contributed by atoms with Crippen LogP contribution >= 0.6 is 0 Å². The second kappa shape index (κ2) is 8.39. The van der Waals surface area contributed by atoms with Crippen LogP contribution in [0.5, 0.6) is 0 Å². The summed E-state index contributed by atoms with van der Waals surface area (Å²) in [6.45, 7) is 7.13. The van der Waals surface area contributed by atoms with E-state index < -0.39 is 0 Å². The molecule has 1 aliphatic rings. The Balaban J connectivity index is 2.35. The maximum atomic E-state index is 10.0. The van der Waals surface area contributed by atoms with Crippen LogP contribution in [0, 0.1) is 0 Å². The molecule has 3 nitrogen and oxygen atoms in total. The van der Waals surface area contributed by atoms with E-state index in [0.717, 1.165) is 13.0 Å². The van der Waals surface area contributed by atoms with Gasteiger partial charge in [0, 0.05) is 6.92 Å². The van der Waals surface area contributed by atoms with Crippen LogP contribution in [0.3, 0.4) is 0 Å². The minimum absolute atomic E-state index is 0.181. The first kappa shape index (κ1) is 16.3. The molecule has 0 aromatic heterocycles. The number of likely N-dealkylation sites (N-methyl/N-ethyl adjacent to an activating group) is 1. The van der Waals surface area contributed by atoms with Crippen LogP contribution < -0.4 is 5.32 Å². The molecule has 0 aromatic carbocycles. The summed E-state index contributed by atoms with van der Waals surface area (Å²) < 4.78 is 0.590. The number of nitrogens with zero attached hydrogens (tertiary/aromatic N) is 1. The Morgan fingerprint density at radius 3 is 2.63 bits per heavy atom. The molecule has 0 aromatic rings. The number of allylic oxidation sites excluding steroid dienone is 1. The van der Waals surface area contributed by atoms with Crippen LogP contribution in [0.25, 0.3) is 0 Å². The summed E-state index contributed by atoms with van der Waals surface area (Å²) in [6.07, 6.45) is 16.1. The molecule has 0 saturated heterocycles. The summed E-state index contributed by atoms with van der Waals surface area (Å²) in [4.78, 5) is 0. The van der Waals surface area contributed by atoms with Gasteiger partial charge >= 0.3 is 0 Å².